The molecule has 0 saturated carbocycles. The second-order valence-corrected chi connectivity index (χ2v) is 10.0. The number of anilines is 1. The predicted octanol–water partition coefficient (Wildman–Crippen LogP) is 7.98. The van der Waals surface area contributed by atoms with Gasteiger partial charge in [0.2, 0.25) is 0 Å². The number of amides is 1. The van der Waals surface area contributed by atoms with Crippen LogP contribution in [0.5, 0.6) is 5.75 Å². The predicted molar refractivity (Wildman–Crippen MR) is 150 cm³/mol. The first-order valence-corrected chi connectivity index (χ1v) is 13.0. The van der Waals surface area contributed by atoms with Crippen molar-refractivity contribution in [3.8, 4) is 28.1 Å². The molecule has 3 aromatic carbocycles. The standard InChI is InChI=1S/C30H25Cl2N3O2/c1-37-22-13-10-20(11-14-22)27-23-9-5-6-16-34-26(19-7-3-2-4-8-19)18-35(30(23)34)28(27)29(36)33-21-12-15-24(31)25(32)17-21/h2-4,7-8,10-15,17-18H,5-6,9,16H2,1H3,(H,33,36). The maximum atomic E-state index is 14.0. The number of nitrogens with zero attached hydrogens (tertiary/aromatic N) is 2. The van der Waals surface area contributed by atoms with Gasteiger partial charge in [-0.1, -0.05) is 65.7 Å². The van der Waals surface area contributed by atoms with Crippen LogP contribution in [-0.2, 0) is 13.0 Å². The van der Waals surface area contributed by atoms with Crippen molar-refractivity contribution in [1.29, 1.82) is 0 Å². The number of hydrogen-bond acceptors (Lipinski definition) is 2. The van der Waals surface area contributed by atoms with Gasteiger partial charge in [0.05, 0.1) is 22.8 Å². The second kappa shape index (κ2) is 9.66. The molecule has 5 nitrogen and oxygen atoms in total. The van der Waals surface area contributed by atoms with Gasteiger partial charge in [0.25, 0.3) is 5.91 Å². The number of ether oxygens (including phenoxy) is 1. The Morgan fingerprint density at radius 2 is 1.70 bits per heavy atom. The summed E-state index contributed by atoms with van der Waals surface area (Å²) in [4.78, 5) is 14.0. The van der Waals surface area contributed by atoms with Crippen molar-refractivity contribution in [2.24, 2.45) is 0 Å². The van der Waals surface area contributed by atoms with Crippen LogP contribution in [0.1, 0.15) is 28.9 Å². The van der Waals surface area contributed by atoms with Gasteiger partial charge >= 0.3 is 0 Å². The molecule has 0 aliphatic carbocycles. The summed E-state index contributed by atoms with van der Waals surface area (Å²) >= 11 is 12.3. The minimum atomic E-state index is -0.206. The molecule has 0 atom stereocenters. The van der Waals surface area contributed by atoms with E-state index in [9.17, 15) is 4.79 Å². The fraction of sp³-hybridized carbons (Fsp3) is 0.167. The van der Waals surface area contributed by atoms with Crippen LogP contribution in [0.2, 0.25) is 10.0 Å². The van der Waals surface area contributed by atoms with Gasteiger partial charge in [0.1, 0.15) is 17.1 Å². The smallest absolute Gasteiger partial charge is 0.273 e. The molecule has 6 rings (SSSR count). The first kappa shape index (κ1) is 23.7. The van der Waals surface area contributed by atoms with Gasteiger partial charge in [-0.15, -0.1) is 0 Å². The molecular formula is C30H25Cl2N3O2. The molecule has 0 fully saturated rings. The van der Waals surface area contributed by atoms with E-state index in [4.69, 9.17) is 27.9 Å². The number of aryl methyl sites for hydroxylation is 2. The third kappa shape index (κ3) is 4.18. The zero-order valence-electron chi connectivity index (χ0n) is 20.3. The number of imidazole rings is 1. The highest BCUT2D eigenvalue weighted by molar-refractivity contribution is 6.42. The Balaban J connectivity index is 1.59. The zero-order chi connectivity index (χ0) is 25.5. The topological polar surface area (TPSA) is 47.7 Å². The Bertz CT molecular complexity index is 1620. The van der Waals surface area contributed by atoms with E-state index in [2.05, 4.69) is 32.6 Å². The van der Waals surface area contributed by atoms with Crippen molar-refractivity contribution in [2.75, 3.05) is 12.4 Å². The minimum Gasteiger partial charge on any atom is -0.497 e. The van der Waals surface area contributed by atoms with Gasteiger partial charge < -0.3 is 14.6 Å². The third-order valence-corrected chi connectivity index (χ3v) is 7.71. The van der Waals surface area contributed by atoms with Gasteiger partial charge in [0, 0.05) is 29.6 Å². The molecule has 0 radical (unpaired) electrons. The lowest BCUT2D eigenvalue weighted by Gasteiger charge is -2.11. The van der Waals surface area contributed by atoms with Crippen LogP contribution < -0.4 is 10.1 Å². The Hall–Kier alpha value is -3.67. The number of carbonyl (C=O) groups excluding carboxylic acids is 1. The summed E-state index contributed by atoms with van der Waals surface area (Å²) in [6.07, 6.45) is 5.11. The van der Waals surface area contributed by atoms with Crippen LogP contribution >= 0.6 is 23.2 Å². The van der Waals surface area contributed by atoms with Crippen LogP contribution in [0.15, 0.2) is 79.0 Å². The lowest BCUT2D eigenvalue weighted by Crippen LogP contribution is -2.15. The number of methoxy groups -OCH3 is 1. The number of aromatic nitrogens is 2. The number of benzene rings is 3. The van der Waals surface area contributed by atoms with Crippen molar-refractivity contribution in [2.45, 2.75) is 25.8 Å². The number of halogens is 2. The Morgan fingerprint density at radius 3 is 2.43 bits per heavy atom. The molecule has 1 aliphatic rings. The summed E-state index contributed by atoms with van der Waals surface area (Å²) in [7, 11) is 1.65. The zero-order valence-corrected chi connectivity index (χ0v) is 21.8. The van der Waals surface area contributed by atoms with E-state index in [-0.39, 0.29) is 5.91 Å². The van der Waals surface area contributed by atoms with E-state index >= 15 is 0 Å². The van der Waals surface area contributed by atoms with E-state index in [1.54, 1.807) is 25.3 Å². The molecule has 3 heterocycles. The van der Waals surface area contributed by atoms with E-state index in [0.29, 0.717) is 21.4 Å². The molecule has 1 aliphatic heterocycles. The molecule has 5 aromatic rings. The van der Waals surface area contributed by atoms with Crippen LogP contribution in [0, 0.1) is 0 Å². The number of carbonyl (C=O) groups is 1. The van der Waals surface area contributed by atoms with E-state index in [0.717, 1.165) is 59.6 Å². The Morgan fingerprint density at radius 1 is 0.919 bits per heavy atom. The average Bonchev–Trinajstić information content (AvgIpc) is 3.34. The average molecular weight is 530 g/mol. The Labute approximate surface area is 225 Å². The quantitative estimate of drug-likeness (QED) is 0.251. The summed E-state index contributed by atoms with van der Waals surface area (Å²) in [6, 6.07) is 23.4. The normalized spacial score (nSPS) is 12.9. The van der Waals surface area contributed by atoms with Crippen LogP contribution in [-0.4, -0.2) is 22.0 Å². The number of hydrogen-bond donors (Lipinski definition) is 1. The maximum absolute atomic E-state index is 14.0. The van der Waals surface area contributed by atoms with Crippen molar-refractivity contribution in [1.82, 2.24) is 8.97 Å². The highest BCUT2D eigenvalue weighted by atomic mass is 35.5. The lowest BCUT2D eigenvalue weighted by atomic mass is 9.97. The minimum absolute atomic E-state index is 0.206. The van der Waals surface area contributed by atoms with Crippen molar-refractivity contribution < 1.29 is 9.53 Å². The first-order chi connectivity index (χ1) is 18.0. The summed E-state index contributed by atoms with van der Waals surface area (Å²) in [5, 5.41) is 3.89. The summed E-state index contributed by atoms with van der Waals surface area (Å²) < 4.78 is 9.81. The fourth-order valence-electron chi connectivity index (χ4n) is 5.28. The van der Waals surface area contributed by atoms with Gasteiger partial charge in [-0.25, -0.2) is 0 Å². The van der Waals surface area contributed by atoms with Crippen LogP contribution in [0.3, 0.4) is 0 Å². The van der Waals surface area contributed by atoms with E-state index < -0.39 is 0 Å². The maximum Gasteiger partial charge on any atom is 0.273 e. The van der Waals surface area contributed by atoms with E-state index in [1.165, 1.54) is 5.56 Å². The highest BCUT2D eigenvalue weighted by Gasteiger charge is 2.29. The largest absolute Gasteiger partial charge is 0.497 e. The van der Waals surface area contributed by atoms with Crippen LogP contribution in [0.25, 0.3) is 28.0 Å². The van der Waals surface area contributed by atoms with Gasteiger partial charge in [-0.2, -0.15) is 0 Å². The molecule has 7 heteroatoms. The lowest BCUT2D eigenvalue weighted by molar-refractivity contribution is 0.102. The molecule has 1 amide bonds. The first-order valence-electron chi connectivity index (χ1n) is 12.3. The van der Waals surface area contributed by atoms with Gasteiger partial charge in [-0.05, 0) is 60.7 Å². The molecule has 0 saturated heterocycles. The highest BCUT2D eigenvalue weighted by Crippen LogP contribution is 2.40. The molecular weight excluding hydrogens is 505 g/mol. The monoisotopic (exact) mass is 529 g/mol. The van der Waals surface area contributed by atoms with Gasteiger partial charge in [0.15, 0.2) is 0 Å². The van der Waals surface area contributed by atoms with E-state index in [1.807, 2.05) is 42.5 Å². The van der Waals surface area contributed by atoms with Crippen molar-refractivity contribution >= 4 is 40.4 Å². The molecule has 0 spiro atoms. The molecule has 0 unspecified atom stereocenters. The van der Waals surface area contributed by atoms with Crippen molar-refractivity contribution in [3.63, 3.8) is 0 Å². The molecule has 0 bridgehead atoms. The molecule has 37 heavy (non-hydrogen) atoms. The number of nitrogens with one attached hydrogen (secondary N) is 1. The third-order valence-electron chi connectivity index (χ3n) is 6.97. The van der Waals surface area contributed by atoms with Crippen molar-refractivity contribution in [3.05, 3.63) is 100 Å². The SMILES string of the molecule is COc1ccc(-c2c3c4n(c(-c5ccccc5)cn4c2C(=O)Nc2ccc(Cl)c(Cl)c2)CCCC3)cc1. The molecule has 1 N–H and O–H groups in total. The summed E-state index contributed by atoms with van der Waals surface area (Å²) in [5.41, 5.74) is 7.60. The molecule has 2 aromatic heterocycles. The molecule has 186 valence electrons. The summed E-state index contributed by atoms with van der Waals surface area (Å²) in [5.74, 6) is 0.568. The number of rotatable bonds is 5. The Kier molecular flexibility index (Phi) is 6.19. The van der Waals surface area contributed by atoms with Crippen LogP contribution in [0.4, 0.5) is 5.69 Å². The fourth-order valence-corrected chi connectivity index (χ4v) is 5.58. The van der Waals surface area contributed by atoms with Gasteiger partial charge in [-0.3, -0.25) is 9.20 Å². The second-order valence-electron chi connectivity index (χ2n) is 9.20. The summed E-state index contributed by atoms with van der Waals surface area (Å²) in [6.45, 7) is 0.896.